The summed E-state index contributed by atoms with van der Waals surface area (Å²) in [5.74, 6) is 2.42. The molecule has 0 radical (unpaired) electrons. The molecule has 6 rings (SSSR count). The van der Waals surface area contributed by atoms with Crippen LogP contribution in [0.15, 0.2) is 36.8 Å². The second kappa shape index (κ2) is 8.46. The van der Waals surface area contributed by atoms with Gasteiger partial charge < -0.3 is 19.9 Å². The molecule has 35 heavy (non-hydrogen) atoms. The van der Waals surface area contributed by atoms with E-state index in [9.17, 15) is 4.79 Å². The molecule has 10 heteroatoms. The van der Waals surface area contributed by atoms with Gasteiger partial charge in [-0.2, -0.15) is 0 Å². The molecular weight excluding hydrogens is 444 g/mol. The summed E-state index contributed by atoms with van der Waals surface area (Å²) in [6, 6.07) is 5.95. The number of pyridine rings is 3. The molecule has 1 N–H and O–H groups in total. The first kappa shape index (κ1) is 21.7. The second-order valence-corrected chi connectivity index (χ2v) is 9.54. The van der Waals surface area contributed by atoms with Crippen LogP contribution in [0.25, 0.3) is 27.8 Å². The molecule has 0 spiro atoms. The zero-order valence-electron chi connectivity index (χ0n) is 20.1. The molecule has 1 aliphatic carbocycles. The van der Waals surface area contributed by atoms with Crippen molar-refractivity contribution in [3.63, 3.8) is 0 Å². The molecule has 2 aliphatic rings. The Morgan fingerprint density at radius 1 is 1.14 bits per heavy atom. The van der Waals surface area contributed by atoms with Crippen molar-refractivity contribution in [2.75, 3.05) is 55.5 Å². The van der Waals surface area contributed by atoms with E-state index in [0.29, 0.717) is 17.6 Å². The first-order chi connectivity index (χ1) is 17.0. The number of hydrogen-bond acceptors (Lipinski definition) is 8. The number of nitrogens with zero attached hydrogens (tertiary/aromatic N) is 7. The van der Waals surface area contributed by atoms with Crippen molar-refractivity contribution in [1.82, 2.24) is 24.6 Å². The average molecular weight is 473 g/mol. The van der Waals surface area contributed by atoms with Crippen LogP contribution in [0.4, 0.5) is 17.3 Å². The van der Waals surface area contributed by atoms with Gasteiger partial charge >= 0.3 is 0 Å². The van der Waals surface area contributed by atoms with Gasteiger partial charge in [-0.3, -0.25) is 4.79 Å². The smallest absolute Gasteiger partial charge is 0.228 e. The fraction of sp³-hybridized carbons (Fsp3) is 0.400. The summed E-state index contributed by atoms with van der Waals surface area (Å²) in [4.78, 5) is 30.7. The maximum absolute atomic E-state index is 12.5. The van der Waals surface area contributed by atoms with Gasteiger partial charge in [0.2, 0.25) is 5.91 Å². The van der Waals surface area contributed by atoms with E-state index < -0.39 is 0 Å². The molecule has 0 aromatic carbocycles. The van der Waals surface area contributed by atoms with Crippen LogP contribution in [0.1, 0.15) is 13.3 Å². The quantitative estimate of drug-likeness (QED) is 0.473. The van der Waals surface area contributed by atoms with Crippen molar-refractivity contribution in [1.29, 1.82) is 0 Å². The number of rotatable bonds is 5. The highest BCUT2D eigenvalue weighted by atomic mass is 16.5. The largest absolute Gasteiger partial charge is 0.378 e. The number of nitrogens with one attached hydrogen (secondary N) is 1. The van der Waals surface area contributed by atoms with Gasteiger partial charge in [-0.25, -0.2) is 19.5 Å². The van der Waals surface area contributed by atoms with Crippen LogP contribution in [-0.4, -0.2) is 70.9 Å². The number of anilines is 3. The molecule has 0 unspecified atom stereocenters. The zero-order valence-corrected chi connectivity index (χ0v) is 20.1. The van der Waals surface area contributed by atoms with Gasteiger partial charge in [-0.1, -0.05) is 6.92 Å². The summed E-state index contributed by atoms with van der Waals surface area (Å²) in [7, 11) is 3.89. The lowest BCUT2D eigenvalue weighted by Crippen LogP contribution is -2.36. The molecule has 1 aliphatic heterocycles. The number of ether oxygens (including phenoxy) is 1. The Kier molecular flexibility index (Phi) is 5.25. The van der Waals surface area contributed by atoms with Crippen LogP contribution in [0, 0.1) is 11.8 Å². The maximum Gasteiger partial charge on any atom is 0.228 e. The number of carbonyl (C=O) groups is 1. The maximum atomic E-state index is 12.5. The van der Waals surface area contributed by atoms with Crippen molar-refractivity contribution in [2.45, 2.75) is 13.3 Å². The van der Waals surface area contributed by atoms with E-state index in [1.54, 1.807) is 12.4 Å². The van der Waals surface area contributed by atoms with Crippen LogP contribution < -0.4 is 15.1 Å². The lowest BCUT2D eigenvalue weighted by atomic mass is 10.1. The number of carbonyl (C=O) groups excluding carboxylic acids is 1. The van der Waals surface area contributed by atoms with E-state index in [4.69, 9.17) is 14.8 Å². The Balaban J connectivity index is 1.41. The normalized spacial score (nSPS) is 19.8. The van der Waals surface area contributed by atoms with Gasteiger partial charge in [0.1, 0.15) is 11.6 Å². The molecule has 2 atom stereocenters. The average Bonchev–Trinajstić information content (AvgIpc) is 3.45. The van der Waals surface area contributed by atoms with Crippen molar-refractivity contribution in [3.8, 4) is 11.4 Å². The number of amides is 1. The molecule has 180 valence electrons. The molecule has 5 heterocycles. The van der Waals surface area contributed by atoms with Crippen molar-refractivity contribution in [3.05, 3.63) is 36.8 Å². The predicted molar refractivity (Wildman–Crippen MR) is 135 cm³/mol. The number of aromatic nitrogens is 5. The minimum Gasteiger partial charge on any atom is -0.378 e. The highest BCUT2D eigenvalue weighted by Crippen LogP contribution is 2.39. The Hall–Kier alpha value is -3.79. The fourth-order valence-corrected chi connectivity index (χ4v) is 4.63. The van der Waals surface area contributed by atoms with Gasteiger partial charge in [0.15, 0.2) is 11.5 Å². The summed E-state index contributed by atoms with van der Waals surface area (Å²) in [5, 5.41) is 9.53. The van der Waals surface area contributed by atoms with Crippen molar-refractivity contribution >= 4 is 39.6 Å². The SMILES string of the molecule is C[C@@H]1C[C@@H]1C(=O)Nc1cc2c(-c3nc4ccc(N5CCOCC5)cn4n3)cnc(N(C)C)c2cn1. The van der Waals surface area contributed by atoms with E-state index in [1.165, 1.54) is 0 Å². The van der Waals surface area contributed by atoms with Crippen molar-refractivity contribution < 1.29 is 9.53 Å². The third-order valence-corrected chi connectivity index (χ3v) is 6.80. The van der Waals surface area contributed by atoms with Gasteiger partial charge in [-0.15, -0.1) is 5.10 Å². The summed E-state index contributed by atoms with van der Waals surface area (Å²) >= 11 is 0. The molecule has 4 aromatic rings. The molecule has 1 saturated carbocycles. The standard InChI is InChI=1S/C25H28N8O2/c1-15-10-17(15)25(34)28-21-11-18-19(12-27-24(31(2)3)20(18)13-26-21)23-29-22-5-4-16(14-33(22)30-23)32-6-8-35-9-7-32/h4-5,11-15,17H,6-10H2,1-3H3,(H,26,28,34)/t15-,17+/m1/s1. The highest BCUT2D eigenvalue weighted by molar-refractivity contribution is 6.03. The van der Waals surface area contributed by atoms with Crippen LogP contribution >= 0.6 is 0 Å². The summed E-state index contributed by atoms with van der Waals surface area (Å²) < 4.78 is 7.28. The molecule has 1 amide bonds. The summed E-state index contributed by atoms with van der Waals surface area (Å²) in [6.07, 6.45) is 6.49. The van der Waals surface area contributed by atoms with E-state index >= 15 is 0 Å². The lowest BCUT2D eigenvalue weighted by Gasteiger charge is -2.28. The van der Waals surface area contributed by atoms with Gasteiger partial charge in [0.25, 0.3) is 0 Å². The molecule has 0 bridgehead atoms. The Morgan fingerprint density at radius 3 is 2.69 bits per heavy atom. The number of morpholine rings is 1. The molecule has 10 nitrogen and oxygen atoms in total. The first-order valence-corrected chi connectivity index (χ1v) is 11.9. The topological polar surface area (TPSA) is 101 Å². The summed E-state index contributed by atoms with van der Waals surface area (Å²) in [6.45, 7) is 5.25. The minimum atomic E-state index is 0.0225. The Bertz CT molecular complexity index is 1430. The highest BCUT2D eigenvalue weighted by Gasteiger charge is 2.39. The molecule has 4 aromatic heterocycles. The summed E-state index contributed by atoms with van der Waals surface area (Å²) in [5.41, 5.74) is 2.64. The van der Waals surface area contributed by atoms with E-state index in [0.717, 1.165) is 66.2 Å². The van der Waals surface area contributed by atoms with E-state index in [1.807, 2.05) is 41.8 Å². The van der Waals surface area contributed by atoms with Crippen LogP contribution in [0.3, 0.4) is 0 Å². The molecule has 2 fully saturated rings. The minimum absolute atomic E-state index is 0.0225. The van der Waals surface area contributed by atoms with Crippen LogP contribution in [0.5, 0.6) is 0 Å². The van der Waals surface area contributed by atoms with Gasteiger partial charge in [0, 0.05) is 61.8 Å². The van der Waals surface area contributed by atoms with Crippen LogP contribution in [0.2, 0.25) is 0 Å². The second-order valence-electron chi connectivity index (χ2n) is 9.54. The number of hydrogen-bond donors (Lipinski definition) is 1. The monoisotopic (exact) mass is 472 g/mol. The van der Waals surface area contributed by atoms with E-state index in [2.05, 4.69) is 33.2 Å². The molecular formula is C25H28N8O2. The molecule has 1 saturated heterocycles. The van der Waals surface area contributed by atoms with Crippen LogP contribution in [-0.2, 0) is 9.53 Å². The Labute approximate surface area is 202 Å². The van der Waals surface area contributed by atoms with Gasteiger partial charge in [-0.05, 0) is 30.5 Å². The zero-order chi connectivity index (χ0) is 24.1. The van der Waals surface area contributed by atoms with Crippen molar-refractivity contribution in [2.24, 2.45) is 11.8 Å². The van der Waals surface area contributed by atoms with E-state index in [-0.39, 0.29) is 11.8 Å². The van der Waals surface area contributed by atoms with Gasteiger partial charge in [0.05, 0.1) is 25.1 Å². The third-order valence-electron chi connectivity index (χ3n) is 6.80. The predicted octanol–water partition coefficient (Wildman–Crippen LogP) is 2.84. The lowest BCUT2D eigenvalue weighted by molar-refractivity contribution is -0.117. The number of fused-ring (bicyclic) bond motifs is 2. The Morgan fingerprint density at radius 2 is 1.94 bits per heavy atom. The first-order valence-electron chi connectivity index (χ1n) is 11.9. The third kappa shape index (κ3) is 4.03. The fourth-order valence-electron chi connectivity index (χ4n) is 4.63.